The third kappa shape index (κ3) is 2.87. The van der Waals surface area contributed by atoms with Gasteiger partial charge in [-0.1, -0.05) is 41.9 Å². The second-order valence-corrected chi connectivity index (χ2v) is 6.16. The van der Waals surface area contributed by atoms with Crippen molar-refractivity contribution < 1.29 is 8.81 Å². The minimum atomic E-state index is -0.507. The van der Waals surface area contributed by atoms with Gasteiger partial charge in [-0.2, -0.15) is 5.10 Å². The van der Waals surface area contributed by atoms with Crippen molar-refractivity contribution in [3.05, 3.63) is 70.9 Å². The fourth-order valence-electron chi connectivity index (χ4n) is 2.81. The van der Waals surface area contributed by atoms with Crippen molar-refractivity contribution in [2.75, 3.05) is 5.32 Å². The maximum atomic E-state index is 14.7. The van der Waals surface area contributed by atoms with Crippen LogP contribution in [0.15, 0.2) is 52.9 Å². The molecule has 2 aromatic carbocycles. The van der Waals surface area contributed by atoms with Gasteiger partial charge in [0.15, 0.2) is 11.6 Å². The number of rotatable bonds is 4. The van der Waals surface area contributed by atoms with Crippen LogP contribution in [0.1, 0.15) is 11.5 Å². The Kier molecular flexibility index (Phi) is 3.93. The number of aromatic amines is 1. The van der Waals surface area contributed by atoms with Gasteiger partial charge in [-0.15, -0.1) is 0 Å². The maximum Gasteiger partial charge on any atom is 0.168 e. The van der Waals surface area contributed by atoms with Crippen LogP contribution in [0, 0.1) is 12.7 Å². The first kappa shape index (κ1) is 15.7. The minimum absolute atomic E-state index is 0.0792. The van der Waals surface area contributed by atoms with E-state index in [-0.39, 0.29) is 10.5 Å². The summed E-state index contributed by atoms with van der Waals surface area (Å²) in [4.78, 5) is 0. The Morgan fingerprint density at radius 1 is 1.20 bits per heavy atom. The van der Waals surface area contributed by atoms with E-state index in [1.165, 1.54) is 0 Å². The van der Waals surface area contributed by atoms with Crippen molar-refractivity contribution in [1.29, 1.82) is 0 Å². The smallest absolute Gasteiger partial charge is 0.168 e. The summed E-state index contributed by atoms with van der Waals surface area (Å²) >= 11 is 6.23. The fraction of sp³-hybridized carbons (Fsp3) is 0.105. The number of nitrogens with one attached hydrogen (secondary N) is 2. The molecule has 126 valence electrons. The molecule has 6 heteroatoms. The predicted molar refractivity (Wildman–Crippen MR) is 97.3 cm³/mol. The molecule has 0 aliphatic rings. The molecule has 0 aliphatic heterocycles. The summed E-state index contributed by atoms with van der Waals surface area (Å²) in [5.74, 6) is 1.67. The van der Waals surface area contributed by atoms with Gasteiger partial charge < -0.3 is 9.73 Å². The Hall–Kier alpha value is -2.79. The molecule has 0 amide bonds. The standard InChI is InChI=1S/C19H15ClFN3O/c1-11-7-8-13(25-11)10-22-19-15-9-14(12-5-3-2-4-6-12)16(20)17(21)18(15)23-24-19/h2-9H,10H2,1H3,(H2,22,23,24). The number of aromatic nitrogens is 2. The Bertz CT molecular complexity index is 1040. The van der Waals surface area contributed by atoms with E-state index in [0.717, 1.165) is 17.1 Å². The summed E-state index contributed by atoms with van der Waals surface area (Å²) in [6.45, 7) is 2.34. The summed E-state index contributed by atoms with van der Waals surface area (Å²) in [5, 5.41) is 10.8. The van der Waals surface area contributed by atoms with E-state index in [4.69, 9.17) is 16.0 Å². The van der Waals surface area contributed by atoms with Crippen LogP contribution >= 0.6 is 11.6 Å². The predicted octanol–water partition coefficient (Wildman–Crippen LogP) is 5.54. The van der Waals surface area contributed by atoms with Gasteiger partial charge in [-0.05, 0) is 30.7 Å². The lowest BCUT2D eigenvalue weighted by atomic mass is 10.0. The molecule has 4 nitrogen and oxygen atoms in total. The highest BCUT2D eigenvalue weighted by Gasteiger charge is 2.17. The van der Waals surface area contributed by atoms with Crippen molar-refractivity contribution in [3.8, 4) is 11.1 Å². The molecule has 4 rings (SSSR count). The van der Waals surface area contributed by atoms with Crippen LogP contribution in [0.5, 0.6) is 0 Å². The molecule has 0 spiro atoms. The molecule has 2 heterocycles. The van der Waals surface area contributed by atoms with Crippen molar-refractivity contribution >= 4 is 28.3 Å². The number of hydrogen-bond acceptors (Lipinski definition) is 3. The largest absolute Gasteiger partial charge is 0.465 e. The molecule has 0 atom stereocenters. The number of fused-ring (bicyclic) bond motifs is 1. The van der Waals surface area contributed by atoms with Crippen LogP contribution in [-0.4, -0.2) is 10.2 Å². The first-order chi connectivity index (χ1) is 12.1. The monoisotopic (exact) mass is 355 g/mol. The quantitative estimate of drug-likeness (QED) is 0.505. The zero-order valence-electron chi connectivity index (χ0n) is 13.4. The van der Waals surface area contributed by atoms with Gasteiger partial charge in [-0.3, -0.25) is 5.10 Å². The van der Waals surface area contributed by atoms with Crippen molar-refractivity contribution in [2.24, 2.45) is 0 Å². The molecule has 4 aromatic rings. The number of hydrogen-bond donors (Lipinski definition) is 2. The third-order valence-electron chi connectivity index (χ3n) is 4.05. The fourth-order valence-corrected chi connectivity index (χ4v) is 3.07. The second kappa shape index (κ2) is 6.26. The van der Waals surface area contributed by atoms with Crippen LogP contribution < -0.4 is 5.32 Å². The molecule has 2 aromatic heterocycles. The zero-order valence-corrected chi connectivity index (χ0v) is 14.2. The third-order valence-corrected chi connectivity index (χ3v) is 4.42. The Morgan fingerprint density at radius 3 is 2.72 bits per heavy atom. The first-order valence-corrected chi connectivity index (χ1v) is 8.22. The number of anilines is 1. The lowest BCUT2D eigenvalue weighted by molar-refractivity contribution is 0.490. The summed E-state index contributed by atoms with van der Waals surface area (Å²) < 4.78 is 20.2. The highest BCUT2D eigenvalue weighted by molar-refractivity contribution is 6.34. The Balaban J connectivity index is 1.75. The van der Waals surface area contributed by atoms with Crippen LogP contribution in [0.4, 0.5) is 10.2 Å². The molecule has 0 unspecified atom stereocenters. The average Bonchev–Trinajstić information content (AvgIpc) is 3.23. The van der Waals surface area contributed by atoms with E-state index in [1.54, 1.807) is 0 Å². The lowest BCUT2D eigenvalue weighted by Crippen LogP contribution is -1.99. The minimum Gasteiger partial charge on any atom is -0.465 e. The van der Waals surface area contributed by atoms with E-state index < -0.39 is 5.82 Å². The molecule has 0 fully saturated rings. The number of furan rings is 1. The summed E-state index contributed by atoms with van der Waals surface area (Å²) in [5.41, 5.74) is 1.76. The second-order valence-electron chi connectivity index (χ2n) is 5.78. The van der Waals surface area contributed by atoms with Gasteiger partial charge in [0, 0.05) is 10.9 Å². The van der Waals surface area contributed by atoms with Gasteiger partial charge in [0.05, 0.1) is 11.6 Å². The van der Waals surface area contributed by atoms with E-state index in [2.05, 4.69) is 15.5 Å². The van der Waals surface area contributed by atoms with Crippen LogP contribution in [0.25, 0.3) is 22.0 Å². The van der Waals surface area contributed by atoms with Gasteiger partial charge >= 0.3 is 0 Å². The van der Waals surface area contributed by atoms with Gasteiger partial charge in [-0.25, -0.2) is 4.39 Å². The lowest BCUT2D eigenvalue weighted by Gasteiger charge is -2.07. The molecule has 25 heavy (non-hydrogen) atoms. The zero-order chi connectivity index (χ0) is 17.4. The Labute approximate surface area is 148 Å². The number of benzene rings is 2. The van der Waals surface area contributed by atoms with E-state index in [0.29, 0.717) is 23.3 Å². The summed E-state index contributed by atoms with van der Waals surface area (Å²) in [7, 11) is 0. The summed E-state index contributed by atoms with van der Waals surface area (Å²) in [6, 6.07) is 15.1. The highest BCUT2D eigenvalue weighted by atomic mass is 35.5. The summed E-state index contributed by atoms with van der Waals surface area (Å²) in [6.07, 6.45) is 0. The number of aryl methyl sites for hydroxylation is 1. The van der Waals surface area contributed by atoms with E-state index >= 15 is 0 Å². The van der Waals surface area contributed by atoms with E-state index in [9.17, 15) is 4.39 Å². The molecule has 0 saturated heterocycles. The SMILES string of the molecule is Cc1ccc(CNc2n[nH]c3c(F)c(Cl)c(-c4ccccc4)cc23)o1. The highest BCUT2D eigenvalue weighted by Crippen LogP contribution is 2.36. The van der Waals surface area contributed by atoms with Crippen molar-refractivity contribution in [2.45, 2.75) is 13.5 Å². The van der Waals surface area contributed by atoms with Crippen molar-refractivity contribution in [3.63, 3.8) is 0 Å². The molecule has 0 radical (unpaired) electrons. The van der Waals surface area contributed by atoms with Crippen LogP contribution in [0.3, 0.4) is 0 Å². The molecule has 2 N–H and O–H groups in total. The van der Waals surface area contributed by atoms with Gasteiger partial charge in [0.2, 0.25) is 0 Å². The number of H-pyrrole nitrogens is 1. The Morgan fingerprint density at radius 2 is 2.00 bits per heavy atom. The van der Waals surface area contributed by atoms with Crippen LogP contribution in [0.2, 0.25) is 5.02 Å². The first-order valence-electron chi connectivity index (χ1n) is 7.84. The molecule has 0 aliphatic carbocycles. The molecular weight excluding hydrogens is 341 g/mol. The average molecular weight is 356 g/mol. The van der Waals surface area contributed by atoms with E-state index in [1.807, 2.05) is 55.5 Å². The number of halogens is 2. The normalized spacial score (nSPS) is 11.2. The molecule has 0 bridgehead atoms. The van der Waals surface area contributed by atoms with Crippen molar-refractivity contribution in [1.82, 2.24) is 10.2 Å². The molecular formula is C19H15ClFN3O. The topological polar surface area (TPSA) is 53.9 Å². The maximum absolute atomic E-state index is 14.7. The van der Waals surface area contributed by atoms with Gasteiger partial charge in [0.25, 0.3) is 0 Å². The van der Waals surface area contributed by atoms with Crippen LogP contribution in [-0.2, 0) is 6.54 Å². The number of nitrogens with zero attached hydrogens (tertiary/aromatic N) is 1. The molecule has 0 saturated carbocycles. The van der Waals surface area contributed by atoms with Gasteiger partial charge in [0.1, 0.15) is 17.0 Å².